The predicted molar refractivity (Wildman–Crippen MR) is 144 cm³/mol. The van der Waals surface area contributed by atoms with E-state index < -0.39 is 24.7 Å². The number of thiazole rings is 1. The van der Waals surface area contributed by atoms with Crippen LogP contribution in [0.2, 0.25) is 0 Å². The number of methoxy groups -OCH3 is 1. The minimum absolute atomic E-state index is 0.00799. The summed E-state index contributed by atoms with van der Waals surface area (Å²) in [5.74, 6) is 0.503. The lowest BCUT2D eigenvalue weighted by Gasteiger charge is -2.15. The second-order valence-corrected chi connectivity index (χ2v) is 9.69. The third-order valence-corrected chi connectivity index (χ3v) is 6.74. The zero-order chi connectivity index (χ0) is 27.5. The van der Waals surface area contributed by atoms with Crippen LogP contribution in [-0.2, 0) is 11.4 Å². The molecule has 3 heterocycles. The van der Waals surface area contributed by atoms with Gasteiger partial charge >= 0.3 is 6.09 Å². The van der Waals surface area contributed by atoms with Gasteiger partial charge in [0, 0.05) is 23.1 Å². The first-order chi connectivity index (χ1) is 18.8. The molecule has 0 aliphatic heterocycles. The van der Waals surface area contributed by atoms with E-state index in [1.807, 2.05) is 0 Å². The average molecular weight is 552 g/mol. The zero-order valence-electron chi connectivity index (χ0n) is 21.2. The number of nitrogens with one attached hydrogen (secondary N) is 1. The van der Waals surface area contributed by atoms with E-state index in [0.29, 0.717) is 54.5 Å². The van der Waals surface area contributed by atoms with Crippen molar-refractivity contribution in [3.63, 3.8) is 0 Å². The number of hydrogen-bond donors (Lipinski definition) is 1. The van der Waals surface area contributed by atoms with Gasteiger partial charge in [-0.05, 0) is 37.6 Å². The molecule has 0 aliphatic rings. The Kier molecular flexibility index (Phi) is 7.46. The number of fused-ring (bicyclic) bond motifs is 2. The van der Waals surface area contributed by atoms with Crippen molar-refractivity contribution < 1.29 is 27.8 Å². The number of hydrogen-bond acceptors (Lipinski definition) is 9. The maximum atomic E-state index is 14.9. The van der Waals surface area contributed by atoms with Crippen molar-refractivity contribution in [2.75, 3.05) is 19.0 Å². The van der Waals surface area contributed by atoms with Gasteiger partial charge in [-0.3, -0.25) is 10.3 Å². The van der Waals surface area contributed by atoms with E-state index in [4.69, 9.17) is 14.2 Å². The number of rotatable bonds is 8. The number of pyridine rings is 1. The summed E-state index contributed by atoms with van der Waals surface area (Å²) in [6.45, 7) is 2.60. The van der Waals surface area contributed by atoms with Gasteiger partial charge in [0.1, 0.15) is 36.0 Å². The first-order valence-electron chi connectivity index (χ1n) is 11.8. The average Bonchev–Trinajstić information content (AvgIpc) is 3.34. The largest absolute Gasteiger partial charge is 0.495 e. The molecule has 0 radical (unpaired) electrons. The molecule has 9 nitrogen and oxygen atoms in total. The van der Waals surface area contributed by atoms with E-state index in [1.165, 1.54) is 36.9 Å². The van der Waals surface area contributed by atoms with Gasteiger partial charge in [-0.15, -0.1) is 11.3 Å². The standard InChI is InChI=1S/C27H23F2N5O4S/c1-14(13-37-27(35)33-18-10-30-15(2)31-11-18)38-23-8-24-22(7-21(23)29)34-26(39-24)20-5-16(9-28)4-17-6-19(36-3)12-32-25(17)20/h4-8,10-12,14H,9,13H2,1-3H3,(H,33,35). The molecular weight excluding hydrogens is 528 g/mol. The van der Waals surface area contributed by atoms with Crippen molar-refractivity contribution in [2.24, 2.45) is 0 Å². The van der Waals surface area contributed by atoms with Gasteiger partial charge in [0.15, 0.2) is 11.6 Å². The highest BCUT2D eigenvalue weighted by Gasteiger charge is 2.18. The number of aromatic nitrogens is 4. The summed E-state index contributed by atoms with van der Waals surface area (Å²) in [4.78, 5) is 29.1. The van der Waals surface area contributed by atoms with E-state index >= 15 is 0 Å². The smallest absolute Gasteiger partial charge is 0.411 e. The Bertz CT molecular complexity index is 1660. The van der Waals surface area contributed by atoms with Crippen LogP contribution in [0.5, 0.6) is 11.5 Å². The van der Waals surface area contributed by atoms with Gasteiger partial charge in [0.05, 0.1) is 47.1 Å². The van der Waals surface area contributed by atoms with Crippen LogP contribution in [0, 0.1) is 12.7 Å². The minimum atomic E-state index is -0.713. The third-order valence-electron chi connectivity index (χ3n) is 5.68. The van der Waals surface area contributed by atoms with Crippen molar-refractivity contribution in [2.45, 2.75) is 26.6 Å². The van der Waals surface area contributed by atoms with Crippen molar-refractivity contribution in [1.82, 2.24) is 19.9 Å². The summed E-state index contributed by atoms with van der Waals surface area (Å²) in [6, 6.07) is 8.01. The maximum absolute atomic E-state index is 14.9. The molecule has 2 aromatic carbocycles. The van der Waals surface area contributed by atoms with E-state index in [0.717, 1.165) is 0 Å². The van der Waals surface area contributed by atoms with Gasteiger partial charge in [-0.25, -0.2) is 28.5 Å². The Balaban J connectivity index is 1.33. The molecule has 1 amide bonds. The lowest BCUT2D eigenvalue weighted by atomic mass is 10.1. The Morgan fingerprint density at radius 3 is 2.64 bits per heavy atom. The number of aryl methyl sites for hydroxylation is 1. The van der Waals surface area contributed by atoms with Crippen LogP contribution in [0.15, 0.2) is 48.9 Å². The van der Waals surface area contributed by atoms with Gasteiger partial charge in [-0.2, -0.15) is 0 Å². The molecule has 0 aliphatic carbocycles. The van der Waals surface area contributed by atoms with Crippen molar-refractivity contribution >= 4 is 44.2 Å². The van der Waals surface area contributed by atoms with Crippen LogP contribution in [-0.4, -0.2) is 45.8 Å². The first kappa shape index (κ1) is 26.2. The zero-order valence-corrected chi connectivity index (χ0v) is 22.0. The van der Waals surface area contributed by atoms with Gasteiger partial charge in [0.2, 0.25) is 0 Å². The minimum Gasteiger partial charge on any atom is -0.495 e. The fraction of sp³-hybridized carbons (Fsp3) is 0.222. The third kappa shape index (κ3) is 5.85. The molecule has 200 valence electrons. The number of halogens is 2. The van der Waals surface area contributed by atoms with Crippen LogP contribution in [0.4, 0.5) is 19.3 Å². The molecule has 3 aromatic heterocycles. The number of ether oxygens (including phenoxy) is 3. The Labute approximate surface area is 225 Å². The summed E-state index contributed by atoms with van der Waals surface area (Å²) in [5, 5.41) is 3.78. The highest BCUT2D eigenvalue weighted by Crippen LogP contribution is 2.38. The van der Waals surface area contributed by atoms with Crippen LogP contribution in [0.25, 0.3) is 31.7 Å². The predicted octanol–water partition coefficient (Wildman–Crippen LogP) is 6.24. The first-order valence-corrected chi connectivity index (χ1v) is 12.7. The topological polar surface area (TPSA) is 108 Å². The molecule has 5 rings (SSSR count). The Morgan fingerprint density at radius 1 is 1.10 bits per heavy atom. The number of alkyl halides is 1. The molecule has 1 N–H and O–H groups in total. The number of carbonyl (C=O) groups excluding carboxylic acids is 1. The number of nitrogens with zero attached hydrogens (tertiary/aromatic N) is 4. The van der Waals surface area contributed by atoms with Gasteiger partial charge in [0.25, 0.3) is 0 Å². The molecule has 0 spiro atoms. The molecular formula is C27H23F2N5O4S. The summed E-state index contributed by atoms with van der Waals surface area (Å²) in [6.07, 6.45) is 3.14. The number of carbonyl (C=O) groups is 1. The molecule has 0 saturated carbocycles. The molecule has 0 saturated heterocycles. The molecule has 0 bridgehead atoms. The Hall–Kier alpha value is -4.45. The van der Waals surface area contributed by atoms with E-state index in [9.17, 15) is 13.6 Å². The molecule has 5 aromatic rings. The second kappa shape index (κ2) is 11.1. The van der Waals surface area contributed by atoms with Crippen LogP contribution >= 0.6 is 11.3 Å². The lowest BCUT2D eigenvalue weighted by molar-refractivity contribution is 0.0969. The normalized spacial score (nSPS) is 11.9. The Morgan fingerprint density at radius 2 is 1.90 bits per heavy atom. The highest BCUT2D eigenvalue weighted by molar-refractivity contribution is 7.21. The maximum Gasteiger partial charge on any atom is 0.411 e. The van der Waals surface area contributed by atoms with Gasteiger partial charge < -0.3 is 14.2 Å². The summed E-state index contributed by atoms with van der Waals surface area (Å²) >= 11 is 1.31. The van der Waals surface area contributed by atoms with Crippen molar-refractivity contribution in [3.05, 3.63) is 66.1 Å². The second-order valence-electron chi connectivity index (χ2n) is 8.66. The molecule has 1 unspecified atom stereocenters. The molecule has 1 atom stereocenters. The summed E-state index contributed by atoms with van der Waals surface area (Å²) in [7, 11) is 1.53. The summed E-state index contributed by atoms with van der Waals surface area (Å²) < 4.78 is 45.3. The van der Waals surface area contributed by atoms with E-state index in [2.05, 4.69) is 25.3 Å². The number of anilines is 1. The van der Waals surface area contributed by atoms with E-state index in [1.54, 1.807) is 44.3 Å². The van der Waals surface area contributed by atoms with E-state index in [-0.39, 0.29) is 12.4 Å². The van der Waals surface area contributed by atoms with Gasteiger partial charge in [-0.1, -0.05) is 0 Å². The monoisotopic (exact) mass is 551 g/mol. The highest BCUT2D eigenvalue weighted by atomic mass is 32.1. The fourth-order valence-electron chi connectivity index (χ4n) is 3.83. The quantitative estimate of drug-likeness (QED) is 0.241. The van der Waals surface area contributed by atoms with Crippen LogP contribution in [0.3, 0.4) is 0 Å². The number of benzene rings is 2. The molecule has 0 fully saturated rings. The molecule has 12 heteroatoms. The van der Waals surface area contributed by atoms with Crippen molar-refractivity contribution in [1.29, 1.82) is 0 Å². The fourth-order valence-corrected chi connectivity index (χ4v) is 4.83. The van der Waals surface area contributed by atoms with Crippen LogP contribution in [0.1, 0.15) is 18.3 Å². The van der Waals surface area contributed by atoms with Crippen molar-refractivity contribution in [3.8, 4) is 22.1 Å². The molecule has 39 heavy (non-hydrogen) atoms. The summed E-state index contributed by atoms with van der Waals surface area (Å²) in [5.41, 5.74) is 2.55. The number of amides is 1. The lowest BCUT2D eigenvalue weighted by Crippen LogP contribution is -2.24. The SMILES string of the molecule is COc1cnc2c(-c3nc4cc(F)c(OC(C)COC(=O)Nc5cnc(C)nc5)cc4s3)cc(CF)cc2c1. The van der Waals surface area contributed by atoms with Crippen LogP contribution < -0.4 is 14.8 Å².